The Kier molecular flexibility index (Phi) is 3.36. The summed E-state index contributed by atoms with van der Waals surface area (Å²) in [5.41, 5.74) is 6.62. The quantitative estimate of drug-likeness (QED) is 0.856. The first-order valence-corrected chi connectivity index (χ1v) is 6.63. The third-order valence-electron chi connectivity index (χ3n) is 2.91. The molecule has 84 valence electrons. The van der Waals surface area contributed by atoms with Crippen molar-refractivity contribution in [2.24, 2.45) is 5.73 Å². The van der Waals surface area contributed by atoms with Gasteiger partial charge in [-0.15, -0.1) is 0 Å². The first-order chi connectivity index (χ1) is 7.24. The lowest BCUT2D eigenvalue weighted by Gasteiger charge is -2.29. The molecule has 1 atom stereocenters. The zero-order chi connectivity index (χ0) is 10.7. The number of thioether (sulfide) groups is 1. The van der Waals surface area contributed by atoms with E-state index in [0.717, 1.165) is 23.8 Å². The van der Waals surface area contributed by atoms with Gasteiger partial charge in [-0.2, -0.15) is 11.8 Å². The first-order valence-electron chi connectivity index (χ1n) is 5.47. The highest BCUT2D eigenvalue weighted by molar-refractivity contribution is 7.99. The largest absolute Gasteiger partial charge is 0.448 e. The number of nitrogens with two attached hydrogens (primary N) is 1. The fourth-order valence-corrected chi connectivity index (χ4v) is 3.16. The first kappa shape index (κ1) is 11.0. The maximum absolute atomic E-state index is 5.58. The molecule has 0 amide bonds. The van der Waals surface area contributed by atoms with Crippen molar-refractivity contribution in [3.05, 3.63) is 17.8 Å². The molecule has 1 unspecified atom stereocenters. The third kappa shape index (κ3) is 2.37. The number of aromatic nitrogens is 1. The minimum Gasteiger partial charge on any atom is -0.448 e. The summed E-state index contributed by atoms with van der Waals surface area (Å²) < 4.78 is 5.58. The molecule has 0 aliphatic carbocycles. The van der Waals surface area contributed by atoms with Crippen LogP contribution in [0.2, 0.25) is 0 Å². The van der Waals surface area contributed by atoms with Crippen molar-refractivity contribution in [2.45, 2.75) is 31.6 Å². The molecule has 3 nitrogen and oxygen atoms in total. The van der Waals surface area contributed by atoms with Gasteiger partial charge in [0.1, 0.15) is 6.26 Å². The van der Waals surface area contributed by atoms with Crippen LogP contribution in [0.3, 0.4) is 0 Å². The molecule has 0 bridgehead atoms. The summed E-state index contributed by atoms with van der Waals surface area (Å²) in [7, 11) is 0. The smallest absolute Gasteiger partial charge is 0.200 e. The summed E-state index contributed by atoms with van der Waals surface area (Å²) in [4.78, 5) is 4.54. The van der Waals surface area contributed by atoms with Gasteiger partial charge in [-0.25, -0.2) is 4.98 Å². The molecule has 0 saturated carbocycles. The van der Waals surface area contributed by atoms with E-state index >= 15 is 0 Å². The van der Waals surface area contributed by atoms with Gasteiger partial charge in [0, 0.05) is 12.2 Å². The molecule has 15 heavy (non-hydrogen) atoms. The fourth-order valence-electron chi connectivity index (χ4n) is 1.95. The van der Waals surface area contributed by atoms with Gasteiger partial charge in [-0.05, 0) is 25.1 Å². The number of rotatable bonds is 3. The predicted molar refractivity (Wildman–Crippen MR) is 63.2 cm³/mol. The zero-order valence-electron chi connectivity index (χ0n) is 9.16. The normalized spacial score (nSPS) is 26.8. The highest BCUT2D eigenvalue weighted by Gasteiger charge is 2.33. The molecule has 1 aromatic heterocycles. The maximum Gasteiger partial charge on any atom is 0.200 e. The van der Waals surface area contributed by atoms with E-state index < -0.39 is 0 Å². The lowest BCUT2D eigenvalue weighted by Crippen LogP contribution is -2.29. The number of hydrogen-bond acceptors (Lipinski definition) is 4. The van der Waals surface area contributed by atoms with Crippen LogP contribution in [-0.4, -0.2) is 23.0 Å². The Morgan fingerprint density at radius 2 is 2.53 bits per heavy atom. The molecule has 1 fully saturated rings. The van der Waals surface area contributed by atoms with E-state index in [-0.39, 0.29) is 5.41 Å². The number of oxazole rings is 1. The Morgan fingerprint density at radius 3 is 3.20 bits per heavy atom. The average Bonchev–Trinajstić information content (AvgIpc) is 2.69. The molecule has 1 aliphatic rings. The Bertz CT molecular complexity index is 318. The van der Waals surface area contributed by atoms with Crippen LogP contribution in [0.25, 0.3) is 0 Å². The summed E-state index contributed by atoms with van der Waals surface area (Å²) >= 11 is 1.99. The molecule has 4 heteroatoms. The molecule has 1 aliphatic heterocycles. The van der Waals surface area contributed by atoms with Crippen molar-refractivity contribution < 1.29 is 4.42 Å². The number of nitrogens with zero attached hydrogens (tertiary/aromatic N) is 1. The van der Waals surface area contributed by atoms with Crippen LogP contribution in [-0.2, 0) is 11.8 Å². The van der Waals surface area contributed by atoms with Crippen LogP contribution in [0.1, 0.15) is 31.4 Å². The summed E-state index contributed by atoms with van der Waals surface area (Å²) in [5, 5.41) is 0. The lowest BCUT2D eigenvalue weighted by molar-refractivity contribution is 0.348. The summed E-state index contributed by atoms with van der Waals surface area (Å²) in [6, 6.07) is 0. The van der Waals surface area contributed by atoms with E-state index in [1.165, 1.54) is 18.6 Å². The van der Waals surface area contributed by atoms with Crippen LogP contribution in [0, 0.1) is 0 Å². The van der Waals surface area contributed by atoms with Crippen molar-refractivity contribution in [1.29, 1.82) is 0 Å². The van der Waals surface area contributed by atoms with Gasteiger partial charge in [0.2, 0.25) is 5.89 Å². The van der Waals surface area contributed by atoms with E-state index in [9.17, 15) is 0 Å². The molecule has 2 N–H and O–H groups in total. The van der Waals surface area contributed by atoms with E-state index in [1.54, 1.807) is 6.26 Å². The molecular weight excluding hydrogens is 208 g/mol. The SMILES string of the molecule is CC1(c2nc(CCN)co2)CCCSC1. The Balaban J connectivity index is 2.12. The monoisotopic (exact) mass is 226 g/mol. The fraction of sp³-hybridized carbons (Fsp3) is 0.727. The topological polar surface area (TPSA) is 52.0 Å². The van der Waals surface area contributed by atoms with Crippen LogP contribution in [0.5, 0.6) is 0 Å². The van der Waals surface area contributed by atoms with Crippen molar-refractivity contribution >= 4 is 11.8 Å². The van der Waals surface area contributed by atoms with Crippen molar-refractivity contribution in [2.75, 3.05) is 18.1 Å². The van der Waals surface area contributed by atoms with Crippen molar-refractivity contribution in [1.82, 2.24) is 4.98 Å². The lowest BCUT2D eigenvalue weighted by atomic mass is 9.87. The van der Waals surface area contributed by atoms with Crippen molar-refractivity contribution in [3.8, 4) is 0 Å². The second-order valence-electron chi connectivity index (χ2n) is 4.40. The second-order valence-corrected chi connectivity index (χ2v) is 5.50. The van der Waals surface area contributed by atoms with Crippen molar-refractivity contribution in [3.63, 3.8) is 0 Å². The maximum atomic E-state index is 5.58. The predicted octanol–water partition coefficient (Wildman–Crippen LogP) is 1.96. The van der Waals surface area contributed by atoms with E-state index in [1.807, 2.05) is 11.8 Å². The van der Waals surface area contributed by atoms with Gasteiger partial charge in [-0.3, -0.25) is 0 Å². The summed E-state index contributed by atoms with van der Waals surface area (Å²) in [5.74, 6) is 3.29. The zero-order valence-corrected chi connectivity index (χ0v) is 9.98. The second kappa shape index (κ2) is 4.58. The minimum atomic E-state index is 0.135. The summed E-state index contributed by atoms with van der Waals surface area (Å²) in [6.45, 7) is 2.88. The molecular formula is C11H18N2OS. The van der Waals surface area contributed by atoms with Gasteiger partial charge in [-0.1, -0.05) is 6.92 Å². The molecule has 2 heterocycles. The Labute approximate surface area is 94.8 Å². The van der Waals surface area contributed by atoms with Crippen LogP contribution < -0.4 is 5.73 Å². The van der Waals surface area contributed by atoms with E-state index in [2.05, 4.69) is 11.9 Å². The standard InChI is InChI=1S/C11H18N2OS/c1-11(4-2-6-15-8-11)10-13-9(3-5-12)7-14-10/h7H,2-6,8,12H2,1H3. The Morgan fingerprint density at radius 1 is 1.67 bits per heavy atom. The van der Waals surface area contributed by atoms with Gasteiger partial charge in [0.05, 0.1) is 11.1 Å². The molecule has 0 spiro atoms. The molecule has 0 aromatic carbocycles. The molecule has 0 radical (unpaired) electrons. The third-order valence-corrected chi connectivity index (χ3v) is 4.33. The van der Waals surface area contributed by atoms with E-state index in [4.69, 9.17) is 10.2 Å². The van der Waals surface area contributed by atoms with Gasteiger partial charge >= 0.3 is 0 Å². The van der Waals surface area contributed by atoms with Crippen LogP contribution >= 0.6 is 11.8 Å². The van der Waals surface area contributed by atoms with Gasteiger partial charge < -0.3 is 10.2 Å². The van der Waals surface area contributed by atoms with Crippen LogP contribution in [0.15, 0.2) is 10.7 Å². The van der Waals surface area contributed by atoms with Gasteiger partial charge in [0.25, 0.3) is 0 Å². The summed E-state index contributed by atoms with van der Waals surface area (Å²) in [6.07, 6.45) is 5.01. The average molecular weight is 226 g/mol. The van der Waals surface area contributed by atoms with Gasteiger partial charge in [0.15, 0.2) is 0 Å². The highest BCUT2D eigenvalue weighted by atomic mass is 32.2. The Hall–Kier alpha value is -0.480. The number of hydrogen-bond donors (Lipinski definition) is 1. The highest BCUT2D eigenvalue weighted by Crippen LogP contribution is 2.36. The molecule has 2 rings (SSSR count). The van der Waals surface area contributed by atoms with Crippen LogP contribution in [0.4, 0.5) is 0 Å². The minimum absolute atomic E-state index is 0.135. The molecule has 1 aromatic rings. The van der Waals surface area contributed by atoms with E-state index in [0.29, 0.717) is 6.54 Å². The molecule has 1 saturated heterocycles.